The van der Waals surface area contributed by atoms with Gasteiger partial charge in [-0.05, 0) is 70.6 Å². The van der Waals surface area contributed by atoms with Gasteiger partial charge in [-0.1, -0.05) is 173 Å². The van der Waals surface area contributed by atoms with Crippen molar-refractivity contribution >= 4 is 17.8 Å². The van der Waals surface area contributed by atoms with E-state index in [2.05, 4.69) is 43.5 Å². The second-order valence-corrected chi connectivity index (χ2v) is 15.0. The van der Waals surface area contributed by atoms with Crippen LogP contribution in [0.1, 0.15) is 232 Å². The number of carbonyl (C=O) groups excluding carboxylic acids is 2. The molecule has 0 aromatic rings. The lowest BCUT2D eigenvalue weighted by molar-refractivity contribution is -0.150. The molecule has 1 unspecified atom stereocenters. The van der Waals surface area contributed by atoms with Crippen LogP contribution in [0.5, 0.6) is 0 Å². The van der Waals surface area contributed by atoms with Gasteiger partial charge in [0.15, 0.2) is 0 Å². The number of hydrogen-bond donors (Lipinski definition) is 2. The van der Waals surface area contributed by atoms with Crippen LogP contribution in [0.25, 0.3) is 0 Å². The van der Waals surface area contributed by atoms with Crippen molar-refractivity contribution in [3.63, 3.8) is 0 Å². The average Bonchev–Trinajstić information content (AvgIpc) is 3.11. The van der Waals surface area contributed by atoms with Crippen molar-refractivity contribution in [1.82, 2.24) is 5.32 Å². The number of carboxylic acids is 1. The first-order valence-electron chi connectivity index (χ1n) is 22.0. The number of esters is 1. The fourth-order valence-electron chi connectivity index (χ4n) is 6.60. The molecule has 0 aromatic carbocycles. The third-order valence-electron chi connectivity index (χ3n) is 9.88. The largest absolute Gasteiger partial charge is 0.480 e. The van der Waals surface area contributed by atoms with E-state index in [4.69, 9.17) is 9.84 Å². The van der Waals surface area contributed by atoms with Crippen LogP contribution in [0, 0.1) is 0 Å². The SMILES string of the molecule is CCCCCCC/C=C\C/C=C\CCCCCC(CCCCCCCC(=O)NCC(=O)O)OC(=O)CCCCCCCCCCCCCCCC. The molecule has 6 nitrogen and oxygen atoms in total. The Morgan fingerprint density at radius 1 is 0.510 bits per heavy atom. The summed E-state index contributed by atoms with van der Waals surface area (Å²) in [7, 11) is 0. The molecule has 6 heteroatoms. The van der Waals surface area contributed by atoms with Gasteiger partial charge in [-0.15, -0.1) is 0 Å². The van der Waals surface area contributed by atoms with Crippen LogP contribution in [0.15, 0.2) is 24.3 Å². The molecule has 0 radical (unpaired) electrons. The van der Waals surface area contributed by atoms with Crippen molar-refractivity contribution in [2.45, 2.75) is 238 Å². The number of carbonyl (C=O) groups is 3. The van der Waals surface area contributed by atoms with Crippen molar-refractivity contribution in [1.29, 1.82) is 0 Å². The third-order valence-corrected chi connectivity index (χ3v) is 9.88. The van der Waals surface area contributed by atoms with E-state index in [0.29, 0.717) is 12.8 Å². The summed E-state index contributed by atoms with van der Waals surface area (Å²) in [5, 5.41) is 11.1. The summed E-state index contributed by atoms with van der Waals surface area (Å²) in [4.78, 5) is 35.0. The Hall–Kier alpha value is -2.11. The number of amides is 1. The number of nitrogens with one attached hydrogen (secondary N) is 1. The van der Waals surface area contributed by atoms with Gasteiger partial charge in [0, 0.05) is 12.8 Å². The molecule has 0 aliphatic carbocycles. The van der Waals surface area contributed by atoms with Crippen LogP contribution >= 0.6 is 0 Å². The van der Waals surface area contributed by atoms with E-state index in [1.807, 2.05) is 0 Å². The molecular formula is C45H83NO5. The second kappa shape index (κ2) is 40.7. The van der Waals surface area contributed by atoms with Gasteiger partial charge in [0.05, 0.1) is 0 Å². The fraction of sp³-hybridized carbons (Fsp3) is 0.844. The average molecular weight is 718 g/mol. The maximum Gasteiger partial charge on any atom is 0.322 e. The Kier molecular flexibility index (Phi) is 39.0. The zero-order valence-corrected chi connectivity index (χ0v) is 33.7. The quantitative estimate of drug-likeness (QED) is 0.0374. The minimum atomic E-state index is -1.02. The molecule has 51 heavy (non-hydrogen) atoms. The highest BCUT2D eigenvalue weighted by atomic mass is 16.5. The molecule has 0 fully saturated rings. The molecule has 0 heterocycles. The first-order chi connectivity index (χ1) is 25.0. The molecular weight excluding hydrogens is 634 g/mol. The molecule has 1 amide bonds. The Bertz CT molecular complexity index is 838. The molecule has 0 aliphatic rings. The zero-order valence-electron chi connectivity index (χ0n) is 33.7. The number of carboxylic acid groups (broad SMARTS) is 1. The lowest BCUT2D eigenvalue weighted by Crippen LogP contribution is -2.28. The Morgan fingerprint density at radius 3 is 1.37 bits per heavy atom. The molecule has 0 aromatic heterocycles. The number of ether oxygens (including phenoxy) is 1. The van der Waals surface area contributed by atoms with Crippen LogP contribution in [0.2, 0.25) is 0 Å². The van der Waals surface area contributed by atoms with Crippen molar-refractivity contribution in [2.24, 2.45) is 0 Å². The highest BCUT2D eigenvalue weighted by Gasteiger charge is 2.14. The number of allylic oxidation sites excluding steroid dienone is 4. The molecule has 298 valence electrons. The number of rotatable bonds is 40. The van der Waals surface area contributed by atoms with E-state index < -0.39 is 5.97 Å². The van der Waals surface area contributed by atoms with E-state index >= 15 is 0 Å². The van der Waals surface area contributed by atoms with Gasteiger partial charge >= 0.3 is 11.9 Å². The summed E-state index contributed by atoms with van der Waals surface area (Å²) in [5.41, 5.74) is 0. The maximum absolute atomic E-state index is 12.8. The molecule has 0 saturated carbocycles. The summed E-state index contributed by atoms with van der Waals surface area (Å²) in [6.07, 6.45) is 48.7. The van der Waals surface area contributed by atoms with E-state index in [0.717, 1.165) is 83.5 Å². The molecule has 2 N–H and O–H groups in total. The summed E-state index contributed by atoms with van der Waals surface area (Å²) in [6, 6.07) is 0. The first kappa shape index (κ1) is 48.9. The molecule has 1 atom stereocenters. The minimum absolute atomic E-state index is 0.00796. The van der Waals surface area contributed by atoms with Crippen LogP contribution in [-0.4, -0.2) is 35.6 Å². The first-order valence-corrected chi connectivity index (χ1v) is 22.0. The third kappa shape index (κ3) is 40.5. The molecule has 0 aliphatic heterocycles. The predicted octanol–water partition coefficient (Wildman–Crippen LogP) is 13.5. The second-order valence-electron chi connectivity index (χ2n) is 15.0. The van der Waals surface area contributed by atoms with Crippen LogP contribution < -0.4 is 5.32 Å². The highest BCUT2D eigenvalue weighted by molar-refractivity contribution is 5.80. The summed E-state index contributed by atoms with van der Waals surface area (Å²) in [5.74, 6) is -1.24. The van der Waals surface area contributed by atoms with E-state index in [1.54, 1.807) is 0 Å². The lowest BCUT2D eigenvalue weighted by Gasteiger charge is -2.18. The molecule has 0 rings (SSSR count). The number of unbranched alkanes of at least 4 members (excludes halogenated alkanes) is 25. The van der Waals surface area contributed by atoms with Gasteiger partial charge in [-0.2, -0.15) is 0 Å². The van der Waals surface area contributed by atoms with Crippen LogP contribution in [0.4, 0.5) is 0 Å². The van der Waals surface area contributed by atoms with Crippen LogP contribution in [-0.2, 0) is 19.1 Å². The van der Waals surface area contributed by atoms with E-state index in [9.17, 15) is 14.4 Å². The molecule has 0 saturated heterocycles. The maximum atomic E-state index is 12.8. The van der Waals surface area contributed by atoms with Gasteiger partial charge in [0.25, 0.3) is 0 Å². The topological polar surface area (TPSA) is 92.7 Å². The smallest absolute Gasteiger partial charge is 0.322 e. The number of aliphatic carboxylic acids is 1. The summed E-state index contributed by atoms with van der Waals surface area (Å²) < 4.78 is 6.03. The summed E-state index contributed by atoms with van der Waals surface area (Å²) >= 11 is 0. The van der Waals surface area contributed by atoms with Crippen molar-refractivity contribution in [3.05, 3.63) is 24.3 Å². The van der Waals surface area contributed by atoms with Gasteiger partial charge < -0.3 is 15.2 Å². The normalized spacial score (nSPS) is 12.2. The predicted molar refractivity (Wildman–Crippen MR) is 217 cm³/mol. The standard InChI is InChI=1S/C45H83NO5/c1-3-5-7-9-11-13-15-17-19-20-22-24-26-29-33-37-42(38-34-30-28-31-35-39-43(47)46-41-44(48)49)51-45(50)40-36-32-27-25-23-21-18-16-14-12-10-8-6-4-2/h15,17,20,22,42H,3-14,16,18-19,21,23-41H2,1-2H3,(H,46,47)(H,48,49)/b17-15-,22-20-. The van der Waals surface area contributed by atoms with Crippen LogP contribution in [0.3, 0.4) is 0 Å². The van der Waals surface area contributed by atoms with Crippen molar-refractivity contribution in [2.75, 3.05) is 6.54 Å². The van der Waals surface area contributed by atoms with Crippen molar-refractivity contribution in [3.8, 4) is 0 Å². The number of hydrogen-bond acceptors (Lipinski definition) is 4. The van der Waals surface area contributed by atoms with E-state index in [1.165, 1.54) is 122 Å². The monoisotopic (exact) mass is 718 g/mol. The van der Waals surface area contributed by atoms with Gasteiger partial charge in [-0.25, -0.2) is 0 Å². The zero-order chi connectivity index (χ0) is 37.3. The Balaban J connectivity index is 4.21. The van der Waals surface area contributed by atoms with Gasteiger partial charge in [0.1, 0.15) is 12.6 Å². The Morgan fingerprint density at radius 2 is 0.902 bits per heavy atom. The highest BCUT2D eigenvalue weighted by Crippen LogP contribution is 2.19. The molecule has 0 spiro atoms. The van der Waals surface area contributed by atoms with Crippen molar-refractivity contribution < 1.29 is 24.2 Å². The summed E-state index contributed by atoms with van der Waals surface area (Å²) in [6.45, 7) is 4.22. The minimum Gasteiger partial charge on any atom is -0.480 e. The molecule has 0 bridgehead atoms. The van der Waals surface area contributed by atoms with Gasteiger partial charge in [0.2, 0.25) is 5.91 Å². The lowest BCUT2D eigenvalue weighted by atomic mass is 10.0. The fourth-order valence-corrected chi connectivity index (χ4v) is 6.60. The van der Waals surface area contributed by atoms with Gasteiger partial charge in [-0.3, -0.25) is 14.4 Å². The van der Waals surface area contributed by atoms with E-state index in [-0.39, 0.29) is 24.5 Å². The Labute approximate surface area is 315 Å².